The third-order valence-electron chi connectivity index (χ3n) is 5.12. The smallest absolute Gasteiger partial charge is 0.420 e. The number of amides is 1. The molecule has 33 heavy (non-hydrogen) atoms. The highest BCUT2D eigenvalue weighted by molar-refractivity contribution is 7.16. The molecule has 0 N–H and O–H groups in total. The Kier molecular flexibility index (Phi) is 6.69. The Morgan fingerprint density at radius 1 is 1.12 bits per heavy atom. The lowest BCUT2D eigenvalue weighted by Gasteiger charge is -2.20. The number of ether oxygens (including phenoxy) is 1. The summed E-state index contributed by atoms with van der Waals surface area (Å²) in [6.45, 7) is 3.85. The number of anilines is 1. The molecule has 2 aromatic heterocycles. The maximum Gasteiger partial charge on any atom is 0.420 e. The van der Waals surface area contributed by atoms with Crippen LogP contribution in [-0.4, -0.2) is 34.6 Å². The number of carbonyl (C=O) groups is 2. The molecule has 0 aliphatic rings. The number of esters is 1. The Morgan fingerprint density at radius 3 is 2.61 bits per heavy atom. The maximum absolute atomic E-state index is 13.4. The molecule has 0 atom stereocenters. The summed E-state index contributed by atoms with van der Waals surface area (Å²) >= 11 is 1.24. The van der Waals surface area contributed by atoms with Crippen LogP contribution < -0.4 is 10.7 Å². The van der Waals surface area contributed by atoms with E-state index < -0.39 is 11.7 Å². The second-order valence-electron chi connectivity index (χ2n) is 7.32. The van der Waals surface area contributed by atoms with E-state index in [1.807, 2.05) is 30.3 Å². The van der Waals surface area contributed by atoms with Crippen LogP contribution >= 0.6 is 11.3 Å². The zero-order valence-corrected chi connectivity index (χ0v) is 19.1. The van der Waals surface area contributed by atoms with Crippen molar-refractivity contribution in [1.82, 2.24) is 9.55 Å². The van der Waals surface area contributed by atoms with Gasteiger partial charge in [-0.2, -0.15) is 0 Å². The van der Waals surface area contributed by atoms with Gasteiger partial charge >= 0.3 is 11.7 Å². The topological polar surface area (TPSA) is 94.6 Å². The normalized spacial score (nSPS) is 11.0. The van der Waals surface area contributed by atoms with Crippen molar-refractivity contribution in [2.75, 3.05) is 18.1 Å². The van der Waals surface area contributed by atoms with E-state index in [9.17, 15) is 14.4 Å². The number of para-hydroxylation sites is 2. The average molecular weight is 466 g/mol. The fraction of sp³-hybridized carbons (Fsp3) is 0.250. The van der Waals surface area contributed by atoms with Gasteiger partial charge in [-0.1, -0.05) is 42.5 Å². The molecule has 0 bridgehead atoms. The van der Waals surface area contributed by atoms with Crippen LogP contribution in [-0.2, 0) is 22.5 Å². The number of hydrogen-bond donors (Lipinski definition) is 0. The van der Waals surface area contributed by atoms with E-state index in [0.29, 0.717) is 34.1 Å². The fourth-order valence-electron chi connectivity index (χ4n) is 3.48. The van der Waals surface area contributed by atoms with Crippen LogP contribution in [0.5, 0.6) is 0 Å². The predicted octanol–water partition coefficient (Wildman–Crippen LogP) is 3.81. The first-order chi connectivity index (χ1) is 16.0. The zero-order chi connectivity index (χ0) is 23.4. The van der Waals surface area contributed by atoms with Gasteiger partial charge in [0, 0.05) is 11.4 Å². The summed E-state index contributed by atoms with van der Waals surface area (Å²) in [5.41, 5.74) is 2.21. The molecule has 0 radical (unpaired) electrons. The second-order valence-corrected chi connectivity index (χ2v) is 8.51. The molecule has 0 saturated heterocycles. The molecule has 9 heteroatoms. The fourth-order valence-corrected chi connectivity index (χ4v) is 4.42. The molecule has 8 nitrogen and oxygen atoms in total. The van der Waals surface area contributed by atoms with E-state index in [-0.39, 0.29) is 24.8 Å². The van der Waals surface area contributed by atoms with E-state index in [1.165, 1.54) is 20.8 Å². The van der Waals surface area contributed by atoms with Crippen molar-refractivity contribution in [2.24, 2.45) is 0 Å². The van der Waals surface area contributed by atoms with Gasteiger partial charge in [0.2, 0.25) is 5.91 Å². The van der Waals surface area contributed by atoms with E-state index >= 15 is 0 Å². The molecule has 0 saturated carbocycles. The largest absolute Gasteiger partial charge is 0.461 e. The van der Waals surface area contributed by atoms with E-state index in [4.69, 9.17) is 9.15 Å². The second kappa shape index (κ2) is 9.83. The average Bonchev–Trinajstić information content (AvgIpc) is 3.34. The third-order valence-corrected chi connectivity index (χ3v) is 6.11. The first-order valence-electron chi connectivity index (χ1n) is 10.5. The number of fused-ring (bicyclic) bond motifs is 1. The molecule has 0 spiro atoms. The summed E-state index contributed by atoms with van der Waals surface area (Å²) < 4.78 is 11.6. The van der Waals surface area contributed by atoms with Crippen LogP contribution in [0.3, 0.4) is 0 Å². The van der Waals surface area contributed by atoms with Crippen LogP contribution in [0.15, 0.2) is 63.8 Å². The van der Waals surface area contributed by atoms with Crippen molar-refractivity contribution in [1.29, 1.82) is 0 Å². The van der Waals surface area contributed by atoms with Crippen molar-refractivity contribution >= 4 is 39.4 Å². The Morgan fingerprint density at radius 2 is 1.85 bits per heavy atom. The highest BCUT2D eigenvalue weighted by Crippen LogP contribution is 2.27. The number of oxazole rings is 1. The van der Waals surface area contributed by atoms with Crippen molar-refractivity contribution < 1.29 is 18.7 Å². The van der Waals surface area contributed by atoms with Crippen LogP contribution in [0.2, 0.25) is 0 Å². The number of aryl methyl sites for hydroxylation is 1. The number of aromatic nitrogens is 2. The van der Waals surface area contributed by atoms with Gasteiger partial charge in [0.25, 0.3) is 0 Å². The van der Waals surface area contributed by atoms with Crippen molar-refractivity contribution in [3.05, 3.63) is 81.3 Å². The summed E-state index contributed by atoms with van der Waals surface area (Å²) in [5, 5.41) is 0.386. The van der Waals surface area contributed by atoms with Gasteiger partial charge in [-0.05, 0) is 38.0 Å². The minimum Gasteiger partial charge on any atom is -0.461 e. The van der Waals surface area contributed by atoms with Gasteiger partial charge in [-0.3, -0.25) is 14.3 Å². The van der Waals surface area contributed by atoms with E-state index in [0.717, 1.165) is 5.56 Å². The van der Waals surface area contributed by atoms with Crippen LogP contribution in [0.1, 0.15) is 27.9 Å². The first-order valence-corrected chi connectivity index (χ1v) is 11.4. The monoisotopic (exact) mass is 465 g/mol. The molecule has 1 amide bonds. The lowest BCUT2D eigenvalue weighted by atomic mass is 10.1. The molecular weight excluding hydrogens is 442 g/mol. The summed E-state index contributed by atoms with van der Waals surface area (Å²) in [6, 6.07) is 16.7. The zero-order valence-electron chi connectivity index (χ0n) is 18.3. The van der Waals surface area contributed by atoms with Crippen molar-refractivity contribution in [3.8, 4) is 0 Å². The minimum absolute atomic E-state index is 0.195. The number of benzene rings is 2. The number of rotatable bonds is 8. The van der Waals surface area contributed by atoms with Crippen molar-refractivity contribution in [2.45, 2.75) is 26.8 Å². The van der Waals surface area contributed by atoms with Crippen LogP contribution in [0.25, 0.3) is 11.1 Å². The highest BCUT2D eigenvalue weighted by atomic mass is 32.1. The van der Waals surface area contributed by atoms with Crippen LogP contribution in [0.4, 0.5) is 5.13 Å². The summed E-state index contributed by atoms with van der Waals surface area (Å²) in [4.78, 5) is 44.7. The summed E-state index contributed by atoms with van der Waals surface area (Å²) in [6.07, 6.45) is 0.584. The van der Waals surface area contributed by atoms with Gasteiger partial charge in [-0.25, -0.2) is 14.6 Å². The van der Waals surface area contributed by atoms with Crippen LogP contribution in [0, 0.1) is 6.92 Å². The Hall–Kier alpha value is -3.72. The van der Waals surface area contributed by atoms with E-state index in [1.54, 1.807) is 38.1 Å². The molecular formula is C24H23N3O5S. The quantitative estimate of drug-likeness (QED) is 0.367. The van der Waals surface area contributed by atoms with Gasteiger partial charge in [0.1, 0.15) is 6.54 Å². The number of nitrogens with zero attached hydrogens (tertiary/aromatic N) is 3. The number of thiazole rings is 1. The van der Waals surface area contributed by atoms with Crippen molar-refractivity contribution in [3.63, 3.8) is 0 Å². The Labute approximate surface area is 194 Å². The molecule has 2 heterocycles. The SMILES string of the molecule is CCOC(=O)c1nc(N(CCc2ccccc2)C(=O)Cn2c(=O)oc3ccccc32)sc1C. The molecule has 4 aromatic rings. The third kappa shape index (κ3) is 4.88. The number of hydrogen-bond acceptors (Lipinski definition) is 7. The minimum atomic E-state index is -0.602. The Bertz CT molecular complexity index is 1340. The number of carbonyl (C=O) groups excluding carboxylic acids is 2. The lowest BCUT2D eigenvalue weighted by molar-refractivity contribution is -0.119. The molecule has 0 aliphatic carbocycles. The molecule has 0 aliphatic heterocycles. The Balaban J connectivity index is 1.65. The standard InChI is InChI=1S/C24H23N3O5S/c1-3-31-22(29)21-16(2)33-23(25-21)26(14-13-17-9-5-4-6-10-17)20(28)15-27-18-11-7-8-12-19(18)32-24(27)30/h4-12H,3,13-15H2,1-2H3. The summed E-state index contributed by atoms with van der Waals surface area (Å²) in [7, 11) is 0. The lowest BCUT2D eigenvalue weighted by Crippen LogP contribution is -2.37. The first kappa shape index (κ1) is 22.5. The summed E-state index contributed by atoms with van der Waals surface area (Å²) in [5.74, 6) is -1.45. The molecule has 170 valence electrons. The van der Waals surface area contributed by atoms with Gasteiger partial charge in [0.15, 0.2) is 16.4 Å². The maximum atomic E-state index is 13.4. The molecule has 0 unspecified atom stereocenters. The predicted molar refractivity (Wildman–Crippen MR) is 126 cm³/mol. The molecule has 0 fully saturated rings. The van der Waals surface area contributed by atoms with Gasteiger partial charge < -0.3 is 9.15 Å². The molecule has 2 aromatic carbocycles. The van der Waals surface area contributed by atoms with E-state index in [2.05, 4.69) is 4.98 Å². The highest BCUT2D eigenvalue weighted by Gasteiger charge is 2.25. The van der Waals surface area contributed by atoms with Gasteiger partial charge in [0.05, 0.1) is 12.1 Å². The van der Waals surface area contributed by atoms with Gasteiger partial charge in [-0.15, -0.1) is 11.3 Å². The molecule has 4 rings (SSSR count).